The van der Waals surface area contributed by atoms with Crippen molar-refractivity contribution in [1.29, 1.82) is 0 Å². The number of pyridine rings is 1. The van der Waals surface area contributed by atoms with Crippen molar-refractivity contribution in [1.82, 2.24) is 24.6 Å². The van der Waals surface area contributed by atoms with E-state index < -0.39 is 11.7 Å². The molecule has 0 radical (unpaired) electrons. The molecule has 1 aliphatic heterocycles. The minimum Gasteiger partial charge on any atom is -0.406 e. The molecule has 0 unspecified atom stereocenters. The summed E-state index contributed by atoms with van der Waals surface area (Å²) in [5, 5.41) is 8.63. The SMILES string of the molecule is CC(C)(C)OC(=O)[n+]1ccc(CN2CCC(n3ncc4nc(NCc5ccc(Cl)c(Cl)c5)[nH]c(=O)c43)CC2)cc1. The molecule has 1 fully saturated rings. The average molecular weight is 586 g/mol. The van der Waals surface area contributed by atoms with E-state index in [0.717, 1.165) is 43.6 Å². The number of fused-ring (bicyclic) bond motifs is 1. The molecule has 1 aromatic carbocycles. The summed E-state index contributed by atoms with van der Waals surface area (Å²) in [7, 11) is 0. The van der Waals surface area contributed by atoms with E-state index >= 15 is 0 Å². The van der Waals surface area contributed by atoms with Crippen LogP contribution in [0.2, 0.25) is 10.0 Å². The average Bonchev–Trinajstić information content (AvgIpc) is 3.34. The van der Waals surface area contributed by atoms with Crippen LogP contribution in [0.1, 0.15) is 50.8 Å². The predicted octanol–water partition coefficient (Wildman–Crippen LogP) is 4.95. The fourth-order valence-corrected chi connectivity index (χ4v) is 5.07. The Balaban J connectivity index is 1.18. The Kier molecular flexibility index (Phi) is 8.11. The lowest BCUT2D eigenvalue weighted by atomic mass is 10.0. The summed E-state index contributed by atoms with van der Waals surface area (Å²) in [5.41, 5.74) is 2.28. The van der Waals surface area contributed by atoms with Gasteiger partial charge in [-0.25, -0.2) is 4.98 Å². The predicted molar refractivity (Wildman–Crippen MR) is 154 cm³/mol. The quantitative estimate of drug-likeness (QED) is 0.309. The third-order valence-corrected chi connectivity index (χ3v) is 7.45. The van der Waals surface area contributed by atoms with Crippen LogP contribution in [0.15, 0.2) is 53.7 Å². The molecule has 4 aromatic rings. The second-order valence-electron chi connectivity index (χ2n) is 10.9. The largest absolute Gasteiger partial charge is 0.602 e. The van der Waals surface area contributed by atoms with Gasteiger partial charge in [-0.3, -0.25) is 19.4 Å². The van der Waals surface area contributed by atoms with Crippen LogP contribution in [0.25, 0.3) is 11.0 Å². The first-order valence-electron chi connectivity index (χ1n) is 13.2. The van der Waals surface area contributed by atoms with E-state index in [1.165, 1.54) is 4.57 Å². The number of rotatable bonds is 6. The number of nitrogens with zero attached hydrogens (tertiary/aromatic N) is 5. The van der Waals surface area contributed by atoms with Crippen LogP contribution in [0.3, 0.4) is 0 Å². The maximum absolute atomic E-state index is 13.0. The van der Waals surface area contributed by atoms with Crippen molar-refractivity contribution in [2.24, 2.45) is 0 Å². The van der Waals surface area contributed by atoms with Crippen molar-refractivity contribution < 1.29 is 14.1 Å². The Bertz CT molecular complexity index is 1570. The Hall–Kier alpha value is -3.47. The van der Waals surface area contributed by atoms with Gasteiger partial charge in [0.15, 0.2) is 17.9 Å². The van der Waals surface area contributed by atoms with Crippen molar-refractivity contribution in [3.8, 4) is 0 Å². The summed E-state index contributed by atoms with van der Waals surface area (Å²) < 4.78 is 8.67. The van der Waals surface area contributed by atoms with Crippen LogP contribution in [0.5, 0.6) is 0 Å². The number of nitrogens with one attached hydrogen (secondary N) is 2. The standard InChI is InChI=1S/C28H31Cl2N7O3/c1-28(2,3)40-27(39)36-12-6-18(7-13-36)17-35-10-8-20(9-11-35)37-24-23(16-32-37)33-26(34-25(24)38)31-15-19-4-5-21(29)22(30)14-19/h4-7,12-14,16,20H,8-11,15,17H2,1-3H3,(H-,31,33,34,38)/p+1. The van der Waals surface area contributed by atoms with Gasteiger partial charge in [0.25, 0.3) is 5.56 Å². The first kappa shape index (κ1) is 28.1. The summed E-state index contributed by atoms with van der Waals surface area (Å²) in [6.45, 7) is 8.47. The monoisotopic (exact) mass is 584 g/mol. The molecule has 3 aromatic heterocycles. The number of hydrogen-bond donors (Lipinski definition) is 2. The number of likely N-dealkylation sites (tertiary alicyclic amines) is 1. The highest BCUT2D eigenvalue weighted by atomic mass is 35.5. The minimum atomic E-state index is -0.541. The highest BCUT2D eigenvalue weighted by Crippen LogP contribution is 2.26. The molecular formula is C28H32Cl2N7O3+. The number of carbonyl (C=O) groups is 1. The van der Waals surface area contributed by atoms with E-state index in [2.05, 4.69) is 25.3 Å². The zero-order chi connectivity index (χ0) is 28.4. The zero-order valence-electron chi connectivity index (χ0n) is 22.7. The number of H-pyrrole nitrogens is 1. The summed E-state index contributed by atoms with van der Waals surface area (Å²) in [6.07, 6.45) is 6.44. The van der Waals surface area contributed by atoms with Gasteiger partial charge in [-0.2, -0.15) is 9.89 Å². The lowest BCUT2D eigenvalue weighted by Crippen LogP contribution is -2.46. The van der Waals surface area contributed by atoms with E-state index in [4.69, 9.17) is 27.9 Å². The maximum atomic E-state index is 13.0. The van der Waals surface area contributed by atoms with E-state index in [1.807, 2.05) is 43.7 Å². The topological polar surface area (TPSA) is 109 Å². The molecule has 0 spiro atoms. The van der Waals surface area contributed by atoms with E-state index in [9.17, 15) is 9.59 Å². The molecule has 2 N–H and O–H groups in total. The van der Waals surface area contributed by atoms with Gasteiger partial charge in [0.05, 0.1) is 22.3 Å². The molecule has 0 aliphatic carbocycles. The summed E-state index contributed by atoms with van der Waals surface area (Å²) in [4.78, 5) is 35.0. The molecule has 12 heteroatoms. The summed E-state index contributed by atoms with van der Waals surface area (Å²) in [6, 6.07) is 9.36. The molecule has 4 heterocycles. The lowest BCUT2D eigenvalue weighted by molar-refractivity contribution is -0.588. The van der Waals surface area contributed by atoms with Gasteiger partial charge in [-0.1, -0.05) is 33.8 Å². The molecule has 210 valence electrons. The van der Waals surface area contributed by atoms with Crippen molar-refractivity contribution in [3.63, 3.8) is 0 Å². The number of ether oxygens (including phenoxy) is 1. The highest BCUT2D eigenvalue weighted by Gasteiger charge is 2.26. The zero-order valence-corrected chi connectivity index (χ0v) is 24.2. The second kappa shape index (κ2) is 11.6. The molecule has 0 bridgehead atoms. The smallest absolute Gasteiger partial charge is 0.406 e. The van der Waals surface area contributed by atoms with E-state index in [-0.39, 0.29) is 11.6 Å². The Labute approximate surface area is 241 Å². The second-order valence-corrected chi connectivity index (χ2v) is 11.8. The van der Waals surface area contributed by atoms with Crippen LogP contribution >= 0.6 is 23.2 Å². The molecule has 10 nitrogen and oxygen atoms in total. The highest BCUT2D eigenvalue weighted by molar-refractivity contribution is 6.42. The van der Waals surface area contributed by atoms with Gasteiger partial charge < -0.3 is 10.1 Å². The number of hydrogen-bond acceptors (Lipinski definition) is 7. The van der Waals surface area contributed by atoms with Gasteiger partial charge in [0, 0.05) is 38.3 Å². The van der Waals surface area contributed by atoms with Gasteiger partial charge in [0.1, 0.15) is 11.1 Å². The van der Waals surface area contributed by atoms with Crippen LogP contribution in [-0.2, 0) is 17.8 Å². The molecule has 0 saturated carbocycles. The third-order valence-electron chi connectivity index (χ3n) is 6.71. The van der Waals surface area contributed by atoms with Crippen LogP contribution in [0, 0.1) is 0 Å². The summed E-state index contributed by atoms with van der Waals surface area (Å²) in [5.74, 6) is 0.369. The number of piperidine rings is 1. The fourth-order valence-electron chi connectivity index (χ4n) is 4.75. The van der Waals surface area contributed by atoms with Crippen molar-refractivity contribution >= 4 is 46.3 Å². The number of halogens is 2. The molecule has 1 aliphatic rings. The van der Waals surface area contributed by atoms with Gasteiger partial charge >= 0.3 is 6.09 Å². The van der Waals surface area contributed by atoms with Gasteiger partial charge in [0.2, 0.25) is 5.95 Å². The number of aromatic nitrogens is 5. The number of carbonyl (C=O) groups excluding carboxylic acids is 1. The van der Waals surface area contributed by atoms with Crippen molar-refractivity contribution in [2.45, 2.75) is 58.3 Å². The first-order chi connectivity index (χ1) is 19.1. The minimum absolute atomic E-state index is 0.108. The number of aromatic amines is 1. The third kappa shape index (κ3) is 6.63. The van der Waals surface area contributed by atoms with Crippen LogP contribution in [-0.4, -0.2) is 49.4 Å². The Morgan fingerprint density at radius 2 is 1.85 bits per heavy atom. The lowest BCUT2D eigenvalue weighted by Gasteiger charge is -2.32. The van der Waals surface area contributed by atoms with E-state index in [1.54, 1.807) is 30.7 Å². The van der Waals surface area contributed by atoms with Crippen LogP contribution in [0.4, 0.5) is 10.7 Å². The Morgan fingerprint density at radius 3 is 2.52 bits per heavy atom. The van der Waals surface area contributed by atoms with Crippen molar-refractivity contribution in [3.05, 3.63) is 80.4 Å². The summed E-state index contributed by atoms with van der Waals surface area (Å²) >= 11 is 12.1. The maximum Gasteiger partial charge on any atom is 0.602 e. The van der Waals surface area contributed by atoms with E-state index in [0.29, 0.717) is 33.6 Å². The number of anilines is 1. The van der Waals surface area contributed by atoms with Crippen LogP contribution < -0.4 is 15.4 Å². The van der Waals surface area contributed by atoms with Gasteiger partial charge in [-0.05, 0) is 56.9 Å². The normalized spacial score (nSPS) is 14.9. The molecule has 0 atom stereocenters. The molecule has 1 saturated heterocycles. The molecular weight excluding hydrogens is 553 g/mol. The molecule has 0 amide bonds. The van der Waals surface area contributed by atoms with Gasteiger partial charge in [-0.15, -0.1) is 0 Å². The first-order valence-corrected chi connectivity index (χ1v) is 13.9. The number of benzene rings is 1. The Morgan fingerprint density at radius 1 is 1.12 bits per heavy atom. The molecule has 5 rings (SSSR count). The fraction of sp³-hybridized carbons (Fsp3) is 0.393. The van der Waals surface area contributed by atoms with Crippen molar-refractivity contribution in [2.75, 3.05) is 18.4 Å². The molecule has 40 heavy (non-hydrogen) atoms.